The van der Waals surface area contributed by atoms with Crippen molar-refractivity contribution in [1.82, 2.24) is 4.90 Å². The van der Waals surface area contributed by atoms with Crippen molar-refractivity contribution in [1.29, 1.82) is 0 Å². The Morgan fingerprint density at radius 1 is 1.00 bits per heavy atom. The number of carbonyl (C=O) groups is 1. The molecular formula is C21H24N2OS. The molecule has 1 atom stereocenters. The van der Waals surface area contributed by atoms with Gasteiger partial charge < -0.3 is 4.90 Å². The highest BCUT2D eigenvalue weighted by molar-refractivity contribution is 7.78. The fourth-order valence-corrected chi connectivity index (χ4v) is 2.77. The Labute approximate surface area is 155 Å². The van der Waals surface area contributed by atoms with Crippen LogP contribution in [-0.2, 0) is 17.9 Å². The Morgan fingerprint density at radius 3 is 1.80 bits per heavy atom. The molecule has 0 aliphatic heterocycles. The van der Waals surface area contributed by atoms with Gasteiger partial charge in [0.05, 0.1) is 5.16 Å². The summed E-state index contributed by atoms with van der Waals surface area (Å²) in [4.78, 5) is 19.3. The van der Waals surface area contributed by atoms with Gasteiger partial charge in [-0.05, 0) is 28.8 Å². The topological polar surface area (TPSA) is 32.7 Å². The van der Waals surface area contributed by atoms with Gasteiger partial charge in [-0.1, -0.05) is 81.4 Å². The van der Waals surface area contributed by atoms with Crippen molar-refractivity contribution >= 4 is 23.3 Å². The van der Waals surface area contributed by atoms with E-state index in [0.717, 1.165) is 11.1 Å². The van der Waals surface area contributed by atoms with Gasteiger partial charge in [0.1, 0.15) is 6.04 Å². The molecule has 2 rings (SSSR count). The number of hydrogen-bond donors (Lipinski definition) is 0. The van der Waals surface area contributed by atoms with E-state index in [4.69, 9.17) is 12.2 Å². The second-order valence-electron chi connectivity index (χ2n) is 7.15. The number of rotatable bonds is 6. The van der Waals surface area contributed by atoms with Crippen LogP contribution >= 0.6 is 12.2 Å². The largest absolute Gasteiger partial charge is 0.332 e. The average Bonchev–Trinajstić information content (AvgIpc) is 2.59. The van der Waals surface area contributed by atoms with E-state index < -0.39 is 6.04 Å². The van der Waals surface area contributed by atoms with Gasteiger partial charge in [-0.3, -0.25) is 4.79 Å². The monoisotopic (exact) mass is 352 g/mol. The normalized spacial score (nSPS) is 12.1. The first kappa shape index (κ1) is 19.0. The SMILES string of the molecule is CC(C)(C)C(N=C=S)C(=O)N(Cc1ccccc1)Cc1ccccc1. The fraction of sp³-hybridized carbons (Fsp3) is 0.333. The molecule has 0 aromatic heterocycles. The summed E-state index contributed by atoms with van der Waals surface area (Å²) >= 11 is 4.77. The third-order valence-electron chi connectivity index (χ3n) is 3.98. The lowest BCUT2D eigenvalue weighted by atomic mass is 9.86. The maximum absolute atomic E-state index is 13.2. The minimum atomic E-state index is -0.544. The lowest BCUT2D eigenvalue weighted by Gasteiger charge is -2.31. The molecule has 3 nitrogen and oxygen atoms in total. The minimum Gasteiger partial charge on any atom is -0.332 e. The van der Waals surface area contributed by atoms with E-state index in [1.54, 1.807) is 0 Å². The standard InChI is InChI=1S/C21H24N2OS/c1-21(2,3)19(22-16-25)20(24)23(14-17-10-6-4-7-11-17)15-18-12-8-5-9-13-18/h4-13,19H,14-15H2,1-3H3. The molecule has 0 bridgehead atoms. The summed E-state index contributed by atoms with van der Waals surface area (Å²) in [6.07, 6.45) is 0. The Morgan fingerprint density at radius 2 is 1.44 bits per heavy atom. The van der Waals surface area contributed by atoms with Gasteiger partial charge in [0.25, 0.3) is 0 Å². The molecule has 0 heterocycles. The van der Waals surface area contributed by atoms with Gasteiger partial charge in [0.15, 0.2) is 0 Å². The molecular weight excluding hydrogens is 328 g/mol. The molecule has 2 aromatic carbocycles. The number of hydrogen-bond acceptors (Lipinski definition) is 3. The second-order valence-corrected chi connectivity index (χ2v) is 7.34. The van der Waals surface area contributed by atoms with Gasteiger partial charge in [-0.25, -0.2) is 4.99 Å². The van der Waals surface area contributed by atoms with E-state index in [-0.39, 0.29) is 11.3 Å². The molecule has 4 heteroatoms. The Bertz CT molecular complexity index is 690. The van der Waals surface area contributed by atoms with Crippen LogP contribution in [0, 0.1) is 5.41 Å². The third-order valence-corrected chi connectivity index (χ3v) is 4.09. The van der Waals surface area contributed by atoms with Gasteiger partial charge in [0, 0.05) is 13.1 Å². The van der Waals surface area contributed by atoms with Crippen LogP contribution in [0.3, 0.4) is 0 Å². The number of amides is 1. The number of isothiocyanates is 1. The zero-order valence-corrected chi connectivity index (χ0v) is 15.8. The van der Waals surface area contributed by atoms with E-state index in [0.29, 0.717) is 13.1 Å². The number of carbonyl (C=O) groups excluding carboxylic acids is 1. The predicted octanol–water partition coefficient (Wildman–Crippen LogP) is 4.73. The molecule has 1 unspecified atom stereocenters. The quantitative estimate of drug-likeness (QED) is 0.556. The zero-order valence-electron chi connectivity index (χ0n) is 15.0. The van der Waals surface area contributed by atoms with Gasteiger partial charge in [-0.15, -0.1) is 0 Å². The Kier molecular flexibility index (Phi) is 6.63. The smallest absolute Gasteiger partial charge is 0.249 e. The molecule has 0 radical (unpaired) electrons. The molecule has 0 spiro atoms. The molecule has 2 aromatic rings. The van der Waals surface area contributed by atoms with E-state index >= 15 is 0 Å². The van der Waals surface area contributed by atoms with Crippen molar-refractivity contribution in [3.8, 4) is 0 Å². The van der Waals surface area contributed by atoms with Crippen molar-refractivity contribution in [2.45, 2.75) is 39.9 Å². The molecule has 0 saturated heterocycles. The molecule has 0 N–H and O–H groups in total. The third kappa shape index (κ3) is 5.63. The average molecular weight is 353 g/mol. The van der Waals surface area contributed by atoms with Crippen molar-refractivity contribution < 1.29 is 4.79 Å². The van der Waals surface area contributed by atoms with Crippen LogP contribution in [-0.4, -0.2) is 22.0 Å². The zero-order chi connectivity index (χ0) is 18.3. The molecule has 0 fully saturated rings. The van der Waals surface area contributed by atoms with Crippen LogP contribution in [0.25, 0.3) is 0 Å². The number of nitrogens with zero attached hydrogens (tertiary/aromatic N) is 2. The first-order chi connectivity index (χ1) is 11.9. The number of aliphatic imine (C=N–C) groups is 1. The predicted molar refractivity (Wildman–Crippen MR) is 105 cm³/mol. The van der Waals surface area contributed by atoms with E-state index in [9.17, 15) is 4.79 Å². The summed E-state index contributed by atoms with van der Waals surface area (Å²) in [7, 11) is 0. The van der Waals surface area contributed by atoms with Crippen LogP contribution < -0.4 is 0 Å². The van der Waals surface area contributed by atoms with Crippen molar-refractivity contribution in [3.63, 3.8) is 0 Å². The van der Waals surface area contributed by atoms with Crippen molar-refractivity contribution in [3.05, 3.63) is 71.8 Å². The van der Waals surface area contributed by atoms with Crippen molar-refractivity contribution in [2.24, 2.45) is 10.4 Å². The number of benzene rings is 2. The lowest BCUT2D eigenvalue weighted by molar-refractivity contribution is -0.136. The molecule has 25 heavy (non-hydrogen) atoms. The van der Waals surface area contributed by atoms with Crippen molar-refractivity contribution in [2.75, 3.05) is 0 Å². The van der Waals surface area contributed by atoms with Crippen LogP contribution in [0.15, 0.2) is 65.7 Å². The molecule has 0 saturated carbocycles. The summed E-state index contributed by atoms with van der Waals surface area (Å²) < 4.78 is 0. The highest BCUT2D eigenvalue weighted by Crippen LogP contribution is 2.25. The first-order valence-corrected chi connectivity index (χ1v) is 8.76. The number of thiocarbonyl (C=S) groups is 1. The summed E-state index contributed by atoms with van der Waals surface area (Å²) in [5.74, 6) is -0.0300. The Balaban J connectivity index is 2.32. The summed E-state index contributed by atoms with van der Waals surface area (Å²) in [5.41, 5.74) is 1.85. The van der Waals surface area contributed by atoms with E-state index in [2.05, 4.69) is 10.2 Å². The summed E-state index contributed by atoms with van der Waals surface area (Å²) in [5, 5.41) is 2.40. The van der Waals surface area contributed by atoms with E-state index in [1.165, 1.54) is 0 Å². The minimum absolute atomic E-state index is 0.0300. The van der Waals surface area contributed by atoms with Gasteiger partial charge >= 0.3 is 0 Å². The van der Waals surface area contributed by atoms with Crippen LogP contribution in [0.2, 0.25) is 0 Å². The second kappa shape index (κ2) is 8.70. The molecule has 130 valence electrons. The van der Waals surface area contributed by atoms with Crippen LogP contribution in [0.5, 0.6) is 0 Å². The van der Waals surface area contributed by atoms with Gasteiger partial charge in [-0.2, -0.15) is 0 Å². The molecule has 1 amide bonds. The first-order valence-electron chi connectivity index (χ1n) is 8.35. The van der Waals surface area contributed by atoms with E-state index in [1.807, 2.05) is 86.3 Å². The Hall–Kier alpha value is -2.29. The van der Waals surface area contributed by atoms with Crippen LogP contribution in [0.1, 0.15) is 31.9 Å². The lowest BCUT2D eigenvalue weighted by Crippen LogP contribution is -2.43. The molecule has 0 aliphatic rings. The molecule has 0 aliphatic carbocycles. The maximum Gasteiger partial charge on any atom is 0.249 e. The summed E-state index contributed by atoms with van der Waals surface area (Å²) in [6, 6.07) is 19.4. The fourth-order valence-electron chi connectivity index (χ4n) is 2.66. The maximum atomic E-state index is 13.2. The van der Waals surface area contributed by atoms with Gasteiger partial charge in [0.2, 0.25) is 5.91 Å². The highest BCUT2D eigenvalue weighted by atomic mass is 32.1. The summed E-state index contributed by atoms with van der Waals surface area (Å²) in [6.45, 7) is 7.06. The highest BCUT2D eigenvalue weighted by Gasteiger charge is 2.34. The van der Waals surface area contributed by atoms with Crippen LogP contribution in [0.4, 0.5) is 0 Å².